The van der Waals surface area contributed by atoms with Gasteiger partial charge in [0.2, 0.25) is 5.69 Å². The highest BCUT2D eigenvalue weighted by Gasteiger charge is 2.27. The molecule has 21 heavy (non-hydrogen) atoms. The molecule has 0 aromatic carbocycles. The highest BCUT2D eigenvalue weighted by Crippen LogP contribution is 2.18. The number of amides is 1. The molecular formula is C12H16N6O3. The molecule has 2 heterocycles. The summed E-state index contributed by atoms with van der Waals surface area (Å²) in [6.07, 6.45) is 4.72. The second kappa shape index (κ2) is 5.73. The van der Waals surface area contributed by atoms with Crippen molar-refractivity contribution in [3.8, 4) is 0 Å². The molecule has 0 bridgehead atoms. The Hall–Kier alpha value is -2.71. The van der Waals surface area contributed by atoms with Crippen LogP contribution in [0.25, 0.3) is 0 Å². The summed E-state index contributed by atoms with van der Waals surface area (Å²) < 4.78 is 3.01. The van der Waals surface area contributed by atoms with Crippen LogP contribution in [0, 0.1) is 10.1 Å². The van der Waals surface area contributed by atoms with Crippen LogP contribution in [-0.2, 0) is 20.1 Å². The first-order valence-corrected chi connectivity index (χ1v) is 6.37. The molecule has 2 rings (SSSR count). The van der Waals surface area contributed by atoms with Gasteiger partial charge in [-0.1, -0.05) is 0 Å². The normalized spacial score (nSPS) is 10.6. The summed E-state index contributed by atoms with van der Waals surface area (Å²) >= 11 is 0. The first-order valence-electron chi connectivity index (χ1n) is 6.37. The Kier molecular flexibility index (Phi) is 4.01. The van der Waals surface area contributed by atoms with Crippen molar-refractivity contribution in [3.05, 3.63) is 40.0 Å². The van der Waals surface area contributed by atoms with Crippen LogP contribution < -0.4 is 0 Å². The fourth-order valence-corrected chi connectivity index (χ4v) is 1.95. The Bertz CT molecular complexity index is 674. The minimum Gasteiger partial charge on any atom is -0.336 e. The minimum absolute atomic E-state index is 0.159. The lowest BCUT2D eigenvalue weighted by molar-refractivity contribution is -0.385. The third kappa shape index (κ3) is 3.07. The van der Waals surface area contributed by atoms with Gasteiger partial charge in [0, 0.05) is 38.9 Å². The van der Waals surface area contributed by atoms with Crippen molar-refractivity contribution in [1.29, 1.82) is 0 Å². The lowest BCUT2D eigenvalue weighted by Gasteiger charge is -2.14. The minimum atomic E-state index is -0.608. The molecule has 1 amide bonds. The van der Waals surface area contributed by atoms with Gasteiger partial charge in [0.05, 0.1) is 11.1 Å². The average molecular weight is 292 g/mol. The van der Waals surface area contributed by atoms with Gasteiger partial charge in [0.25, 0.3) is 5.91 Å². The largest absolute Gasteiger partial charge is 0.336 e. The molecule has 0 aliphatic heterocycles. The van der Waals surface area contributed by atoms with Crippen LogP contribution in [-0.4, -0.2) is 42.3 Å². The Morgan fingerprint density at radius 2 is 2.19 bits per heavy atom. The van der Waals surface area contributed by atoms with E-state index >= 15 is 0 Å². The lowest BCUT2D eigenvalue weighted by atomic mass is 10.3. The maximum absolute atomic E-state index is 12.3. The maximum Gasteiger partial charge on any atom is 0.320 e. The molecule has 9 heteroatoms. The first-order chi connectivity index (χ1) is 9.92. The van der Waals surface area contributed by atoms with Gasteiger partial charge in [0.15, 0.2) is 0 Å². The van der Waals surface area contributed by atoms with E-state index in [1.54, 1.807) is 17.9 Å². The second-order valence-corrected chi connectivity index (χ2v) is 4.66. The van der Waals surface area contributed by atoms with Gasteiger partial charge in [-0.2, -0.15) is 10.2 Å². The van der Waals surface area contributed by atoms with Crippen LogP contribution in [0.5, 0.6) is 0 Å². The summed E-state index contributed by atoms with van der Waals surface area (Å²) in [6, 6.07) is 0. The smallest absolute Gasteiger partial charge is 0.320 e. The molecule has 0 N–H and O–H groups in total. The van der Waals surface area contributed by atoms with E-state index in [2.05, 4.69) is 10.2 Å². The van der Waals surface area contributed by atoms with Crippen molar-refractivity contribution in [3.63, 3.8) is 0 Å². The molecule has 0 aliphatic rings. The van der Waals surface area contributed by atoms with Crippen LogP contribution >= 0.6 is 0 Å². The SMILES string of the molecule is CCn1cc(CN(C)C(=O)c2nn(C)cc2[N+](=O)[O-])cn1. The van der Waals surface area contributed by atoms with Crippen molar-refractivity contribution in [2.75, 3.05) is 7.05 Å². The molecule has 2 aromatic heterocycles. The zero-order chi connectivity index (χ0) is 15.6. The van der Waals surface area contributed by atoms with E-state index in [4.69, 9.17) is 0 Å². The number of nitro groups is 1. The molecule has 0 radical (unpaired) electrons. The van der Waals surface area contributed by atoms with Crippen LogP contribution in [0.4, 0.5) is 5.69 Å². The lowest BCUT2D eigenvalue weighted by Crippen LogP contribution is -2.27. The summed E-state index contributed by atoms with van der Waals surface area (Å²) in [4.78, 5) is 24.0. The number of rotatable bonds is 5. The number of hydrogen-bond donors (Lipinski definition) is 0. The number of nitrogens with zero attached hydrogens (tertiary/aromatic N) is 6. The van der Waals surface area contributed by atoms with Gasteiger partial charge in [-0.3, -0.25) is 24.3 Å². The molecule has 112 valence electrons. The Morgan fingerprint density at radius 3 is 2.76 bits per heavy atom. The molecule has 0 unspecified atom stereocenters. The Labute approximate surface area is 120 Å². The van der Waals surface area contributed by atoms with Crippen LogP contribution in [0.3, 0.4) is 0 Å². The molecule has 9 nitrogen and oxygen atoms in total. The fourth-order valence-electron chi connectivity index (χ4n) is 1.95. The average Bonchev–Trinajstić information content (AvgIpc) is 3.04. The summed E-state index contributed by atoms with van der Waals surface area (Å²) in [5.74, 6) is -0.494. The van der Waals surface area contributed by atoms with Gasteiger partial charge in [-0.15, -0.1) is 0 Å². The highest BCUT2D eigenvalue weighted by molar-refractivity contribution is 5.95. The van der Waals surface area contributed by atoms with Crippen molar-refractivity contribution < 1.29 is 9.72 Å². The van der Waals surface area contributed by atoms with E-state index in [-0.39, 0.29) is 11.4 Å². The maximum atomic E-state index is 12.3. The monoisotopic (exact) mass is 292 g/mol. The number of aromatic nitrogens is 4. The number of aryl methyl sites for hydroxylation is 2. The molecule has 2 aromatic rings. The fraction of sp³-hybridized carbons (Fsp3) is 0.417. The standard InChI is InChI=1S/C12H16N6O3/c1-4-17-7-9(5-13-17)6-15(2)12(19)11-10(18(20)21)8-16(3)14-11/h5,7-8H,4,6H2,1-3H3. The predicted molar refractivity (Wildman–Crippen MR) is 73.6 cm³/mol. The van der Waals surface area contributed by atoms with Crippen molar-refractivity contribution in [2.24, 2.45) is 7.05 Å². The van der Waals surface area contributed by atoms with Crippen molar-refractivity contribution in [2.45, 2.75) is 20.0 Å². The zero-order valence-electron chi connectivity index (χ0n) is 12.1. The van der Waals surface area contributed by atoms with E-state index in [0.29, 0.717) is 6.54 Å². The molecule has 0 aliphatic carbocycles. The predicted octanol–water partition coefficient (Wildman–Crippen LogP) is 0.817. The first kappa shape index (κ1) is 14.7. The Balaban J connectivity index is 2.17. The van der Waals surface area contributed by atoms with Gasteiger partial charge >= 0.3 is 5.69 Å². The quantitative estimate of drug-likeness (QED) is 0.600. The topological polar surface area (TPSA) is 99.1 Å². The molecule has 0 atom stereocenters. The van der Waals surface area contributed by atoms with E-state index < -0.39 is 10.8 Å². The van der Waals surface area contributed by atoms with Crippen molar-refractivity contribution >= 4 is 11.6 Å². The molecule has 0 saturated heterocycles. The zero-order valence-corrected chi connectivity index (χ0v) is 12.1. The Morgan fingerprint density at radius 1 is 1.48 bits per heavy atom. The van der Waals surface area contributed by atoms with Gasteiger partial charge in [-0.25, -0.2) is 0 Å². The number of carbonyl (C=O) groups excluding carboxylic acids is 1. The third-order valence-electron chi connectivity index (χ3n) is 2.99. The van der Waals surface area contributed by atoms with Crippen LogP contribution in [0.1, 0.15) is 23.0 Å². The van der Waals surface area contributed by atoms with E-state index in [9.17, 15) is 14.9 Å². The summed E-state index contributed by atoms with van der Waals surface area (Å²) in [7, 11) is 3.11. The summed E-state index contributed by atoms with van der Waals surface area (Å²) in [6.45, 7) is 3.01. The second-order valence-electron chi connectivity index (χ2n) is 4.66. The van der Waals surface area contributed by atoms with Gasteiger partial charge < -0.3 is 4.90 Å². The van der Waals surface area contributed by atoms with Crippen LogP contribution in [0.2, 0.25) is 0 Å². The van der Waals surface area contributed by atoms with Gasteiger partial charge in [-0.05, 0) is 6.92 Å². The molecule has 0 spiro atoms. The molecule has 0 fully saturated rings. The van der Waals surface area contributed by atoms with Gasteiger partial charge in [0.1, 0.15) is 6.20 Å². The molecule has 0 saturated carbocycles. The molecular weight excluding hydrogens is 276 g/mol. The highest BCUT2D eigenvalue weighted by atomic mass is 16.6. The van der Waals surface area contributed by atoms with Crippen LogP contribution in [0.15, 0.2) is 18.6 Å². The van der Waals surface area contributed by atoms with E-state index in [0.717, 1.165) is 12.1 Å². The van der Waals surface area contributed by atoms with E-state index in [1.807, 2.05) is 13.1 Å². The van der Waals surface area contributed by atoms with Crippen molar-refractivity contribution in [1.82, 2.24) is 24.5 Å². The number of hydrogen-bond acceptors (Lipinski definition) is 5. The van der Waals surface area contributed by atoms with E-state index in [1.165, 1.54) is 22.8 Å². The third-order valence-corrected chi connectivity index (χ3v) is 2.99. The summed E-state index contributed by atoms with van der Waals surface area (Å²) in [5, 5.41) is 18.9. The summed E-state index contributed by atoms with van der Waals surface area (Å²) in [5.41, 5.74) is 0.401. The number of carbonyl (C=O) groups is 1.